The van der Waals surface area contributed by atoms with Crippen LogP contribution in [0.1, 0.15) is 37.0 Å². The molecule has 7 nitrogen and oxygen atoms in total. The van der Waals surface area contributed by atoms with E-state index in [0.29, 0.717) is 17.6 Å². The van der Waals surface area contributed by atoms with E-state index in [9.17, 15) is 4.79 Å². The average molecular weight is 477 g/mol. The van der Waals surface area contributed by atoms with Crippen molar-refractivity contribution in [2.75, 3.05) is 51.2 Å². The first-order chi connectivity index (χ1) is 17.0. The summed E-state index contributed by atoms with van der Waals surface area (Å²) in [4.78, 5) is 18.0. The molecule has 2 aromatic carbocycles. The van der Waals surface area contributed by atoms with Crippen LogP contribution in [0.25, 0.3) is 22.2 Å². The first-order valence-corrected chi connectivity index (χ1v) is 12.9. The van der Waals surface area contributed by atoms with E-state index in [4.69, 9.17) is 0 Å². The smallest absolute Gasteiger partial charge is 0.251 e. The first kappa shape index (κ1) is 25.2. The molecular formula is C28H40N6O. The molecule has 0 atom stereocenters. The van der Waals surface area contributed by atoms with Gasteiger partial charge >= 0.3 is 0 Å². The standard InChI is InChI=1S/C28H40N6O/c1-20(2)31-13-11-30-12-14-32-24-9-15-34(16-10-24)25-6-4-5-21(18-25)27-19-23-17-22(28(35)29-3)7-8-26(23)33-27/h4-8,17-20,24,30-33H,9-16H2,1-3H3,(H,29,35). The van der Waals surface area contributed by atoms with Crippen LogP contribution < -0.4 is 26.2 Å². The van der Waals surface area contributed by atoms with Crippen LogP contribution >= 0.6 is 0 Å². The molecule has 1 aliphatic heterocycles. The third-order valence-electron chi connectivity index (χ3n) is 6.72. The number of fused-ring (bicyclic) bond motifs is 1. The van der Waals surface area contributed by atoms with E-state index < -0.39 is 0 Å². The predicted molar refractivity (Wildman–Crippen MR) is 146 cm³/mol. The molecule has 1 saturated heterocycles. The highest BCUT2D eigenvalue weighted by molar-refractivity contribution is 5.98. The Hall–Kier alpha value is -2.87. The van der Waals surface area contributed by atoms with Crippen LogP contribution in [0.5, 0.6) is 0 Å². The number of benzene rings is 2. The number of rotatable bonds is 11. The number of nitrogens with one attached hydrogen (secondary N) is 5. The number of aromatic nitrogens is 1. The summed E-state index contributed by atoms with van der Waals surface area (Å²) in [7, 11) is 1.66. The number of carbonyl (C=O) groups excluding carboxylic acids is 1. The summed E-state index contributed by atoms with van der Waals surface area (Å²) in [5.74, 6) is -0.0651. The van der Waals surface area contributed by atoms with Crippen molar-refractivity contribution in [3.05, 3.63) is 54.1 Å². The summed E-state index contributed by atoms with van der Waals surface area (Å²) in [5, 5.41) is 14.4. The minimum Gasteiger partial charge on any atom is -0.371 e. The van der Waals surface area contributed by atoms with Gasteiger partial charge in [0.1, 0.15) is 0 Å². The van der Waals surface area contributed by atoms with Gasteiger partial charge in [0.15, 0.2) is 0 Å². The molecule has 1 amide bonds. The molecule has 1 aliphatic rings. The van der Waals surface area contributed by atoms with Gasteiger partial charge in [0.25, 0.3) is 5.91 Å². The van der Waals surface area contributed by atoms with Crippen LogP contribution in [0.4, 0.5) is 5.69 Å². The van der Waals surface area contributed by atoms with E-state index in [0.717, 1.165) is 68.7 Å². The molecule has 7 heteroatoms. The fourth-order valence-electron chi connectivity index (χ4n) is 4.72. The Bertz CT molecular complexity index is 1100. The second kappa shape index (κ2) is 12.2. The van der Waals surface area contributed by atoms with Gasteiger partial charge in [-0.25, -0.2) is 0 Å². The van der Waals surface area contributed by atoms with Crippen LogP contribution in [0.2, 0.25) is 0 Å². The SMILES string of the molecule is CNC(=O)c1ccc2[nH]c(-c3cccc(N4CCC(NCCNCCNC(C)C)CC4)c3)cc2c1. The topological polar surface area (TPSA) is 84.2 Å². The molecule has 1 aromatic heterocycles. The van der Waals surface area contributed by atoms with E-state index in [2.05, 4.69) is 75.3 Å². The van der Waals surface area contributed by atoms with E-state index in [1.54, 1.807) is 7.05 Å². The highest BCUT2D eigenvalue weighted by Gasteiger charge is 2.19. The molecule has 0 spiro atoms. The van der Waals surface area contributed by atoms with Crippen molar-refractivity contribution < 1.29 is 4.79 Å². The van der Waals surface area contributed by atoms with Gasteiger partial charge in [-0.2, -0.15) is 0 Å². The quantitative estimate of drug-likeness (QED) is 0.274. The van der Waals surface area contributed by atoms with E-state index in [-0.39, 0.29) is 5.91 Å². The molecule has 3 aromatic rings. The number of nitrogens with zero attached hydrogens (tertiary/aromatic N) is 1. The molecule has 35 heavy (non-hydrogen) atoms. The van der Waals surface area contributed by atoms with Crippen molar-refractivity contribution >= 4 is 22.5 Å². The number of hydrogen-bond acceptors (Lipinski definition) is 5. The van der Waals surface area contributed by atoms with Crippen molar-refractivity contribution in [1.82, 2.24) is 26.3 Å². The summed E-state index contributed by atoms with van der Waals surface area (Å²) in [6.45, 7) is 10.5. The number of H-pyrrole nitrogens is 1. The highest BCUT2D eigenvalue weighted by atomic mass is 16.1. The third kappa shape index (κ3) is 6.84. The fourth-order valence-corrected chi connectivity index (χ4v) is 4.72. The Morgan fingerprint density at radius 3 is 2.60 bits per heavy atom. The molecule has 0 aliphatic carbocycles. The molecule has 1 fully saturated rings. The van der Waals surface area contributed by atoms with Crippen LogP contribution in [-0.4, -0.2) is 69.3 Å². The maximum absolute atomic E-state index is 12.0. The van der Waals surface area contributed by atoms with E-state index in [1.165, 1.54) is 11.3 Å². The van der Waals surface area contributed by atoms with Crippen molar-refractivity contribution in [2.24, 2.45) is 0 Å². The lowest BCUT2D eigenvalue weighted by Crippen LogP contribution is -2.44. The van der Waals surface area contributed by atoms with Crippen LogP contribution in [0.3, 0.4) is 0 Å². The summed E-state index contributed by atoms with van der Waals surface area (Å²) in [5.41, 5.74) is 5.22. The molecule has 4 rings (SSSR count). The van der Waals surface area contributed by atoms with E-state index >= 15 is 0 Å². The summed E-state index contributed by atoms with van der Waals surface area (Å²) < 4.78 is 0. The minimum absolute atomic E-state index is 0.0651. The number of hydrogen-bond donors (Lipinski definition) is 5. The lowest BCUT2D eigenvalue weighted by Gasteiger charge is -2.34. The van der Waals surface area contributed by atoms with Crippen molar-refractivity contribution in [3.8, 4) is 11.3 Å². The van der Waals surface area contributed by atoms with Gasteiger partial charge in [-0.15, -0.1) is 0 Å². The average Bonchev–Trinajstić information content (AvgIpc) is 3.31. The molecule has 0 bridgehead atoms. The Kier molecular flexibility index (Phi) is 8.79. The molecule has 188 valence electrons. The summed E-state index contributed by atoms with van der Waals surface area (Å²) >= 11 is 0. The Labute approximate surface area is 209 Å². The van der Waals surface area contributed by atoms with Gasteiger partial charge < -0.3 is 31.2 Å². The number of aromatic amines is 1. The number of carbonyl (C=O) groups is 1. The summed E-state index contributed by atoms with van der Waals surface area (Å²) in [6.07, 6.45) is 2.32. The monoisotopic (exact) mass is 476 g/mol. The lowest BCUT2D eigenvalue weighted by molar-refractivity contribution is 0.0963. The number of amides is 1. The molecule has 5 N–H and O–H groups in total. The fraction of sp³-hybridized carbons (Fsp3) is 0.464. The van der Waals surface area contributed by atoms with Gasteiger partial charge in [0, 0.05) is 86.2 Å². The predicted octanol–water partition coefficient (Wildman–Crippen LogP) is 3.34. The largest absolute Gasteiger partial charge is 0.371 e. The second-order valence-corrected chi connectivity index (χ2v) is 9.69. The Balaban J connectivity index is 1.29. The van der Waals surface area contributed by atoms with Crippen LogP contribution in [0.15, 0.2) is 48.5 Å². The first-order valence-electron chi connectivity index (χ1n) is 12.9. The normalized spacial score (nSPS) is 14.7. The Morgan fingerprint density at radius 2 is 1.83 bits per heavy atom. The third-order valence-corrected chi connectivity index (χ3v) is 6.72. The zero-order chi connectivity index (χ0) is 24.6. The second-order valence-electron chi connectivity index (χ2n) is 9.69. The molecule has 2 heterocycles. The number of anilines is 1. The number of piperidine rings is 1. The zero-order valence-corrected chi connectivity index (χ0v) is 21.3. The maximum atomic E-state index is 12.0. The molecule has 0 saturated carbocycles. The summed E-state index contributed by atoms with van der Waals surface area (Å²) in [6, 6.07) is 17.8. The van der Waals surface area contributed by atoms with Gasteiger partial charge in [-0.05, 0) is 54.8 Å². The van der Waals surface area contributed by atoms with Crippen molar-refractivity contribution in [3.63, 3.8) is 0 Å². The lowest BCUT2D eigenvalue weighted by atomic mass is 10.0. The van der Waals surface area contributed by atoms with Gasteiger partial charge in [-0.1, -0.05) is 26.0 Å². The van der Waals surface area contributed by atoms with Crippen LogP contribution in [-0.2, 0) is 0 Å². The minimum atomic E-state index is -0.0651. The van der Waals surface area contributed by atoms with Gasteiger partial charge in [0.2, 0.25) is 0 Å². The molecular weight excluding hydrogens is 436 g/mol. The highest BCUT2D eigenvalue weighted by Crippen LogP contribution is 2.29. The maximum Gasteiger partial charge on any atom is 0.251 e. The molecule has 0 radical (unpaired) electrons. The van der Waals surface area contributed by atoms with Crippen molar-refractivity contribution in [1.29, 1.82) is 0 Å². The zero-order valence-electron chi connectivity index (χ0n) is 21.3. The van der Waals surface area contributed by atoms with Crippen LogP contribution in [0, 0.1) is 0 Å². The van der Waals surface area contributed by atoms with E-state index in [1.807, 2.05) is 18.2 Å². The van der Waals surface area contributed by atoms with Crippen molar-refractivity contribution in [2.45, 2.75) is 38.8 Å². The molecule has 0 unspecified atom stereocenters. The Morgan fingerprint density at radius 1 is 1.03 bits per heavy atom. The van der Waals surface area contributed by atoms with Gasteiger partial charge in [0.05, 0.1) is 0 Å². The van der Waals surface area contributed by atoms with Gasteiger partial charge in [-0.3, -0.25) is 4.79 Å².